The van der Waals surface area contributed by atoms with E-state index in [4.69, 9.17) is 0 Å². The highest BCUT2D eigenvalue weighted by Crippen LogP contribution is 2.31. The number of hydrogen-bond donors (Lipinski definition) is 1. The Hall–Kier alpha value is -1.82. The molecule has 1 heterocycles. The number of carboxylic acids is 1. The third-order valence-electron chi connectivity index (χ3n) is 3.48. The standard InChI is InChI=1S/C15H17NO4S/c1-9-4-3-5-12(14(9)15(19)20)16-7-11(6-13(16)18)8-21-10(2)17/h3-5,11H,6-8H2,1-2H3,(H,19,20). The first kappa shape index (κ1) is 15.6. The number of anilines is 1. The number of amides is 1. The van der Waals surface area contributed by atoms with Crippen molar-refractivity contribution in [1.82, 2.24) is 0 Å². The highest BCUT2D eigenvalue weighted by Gasteiger charge is 2.33. The Morgan fingerprint density at radius 2 is 2.14 bits per heavy atom. The van der Waals surface area contributed by atoms with Crippen molar-refractivity contribution in [2.75, 3.05) is 17.2 Å². The van der Waals surface area contributed by atoms with Crippen LogP contribution in [0, 0.1) is 12.8 Å². The van der Waals surface area contributed by atoms with Crippen LogP contribution in [0.25, 0.3) is 0 Å². The van der Waals surface area contributed by atoms with Crippen molar-refractivity contribution < 1.29 is 19.5 Å². The van der Waals surface area contributed by atoms with Crippen LogP contribution in [0.4, 0.5) is 5.69 Å². The normalized spacial score (nSPS) is 18.1. The highest BCUT2D eigenvalue weighted by atomic mass is 32.2. The minimum atomic E-state index is -1.03. The molecule has 1 amide bonds. The summed E-state index contributed by atoms with van der Waals surface area (Å²) < 4.78 is 0. The van der Waals surface area contributed by atoms with Gasteiger partial charge in [-0.15, -0.1) is 0 Å². The first-order valence-electron chi connectivity index (χ1n) is 6.66. The lowest BCUT2D eigenvalue weighted by molar-refractivity contribution is -0.117. The summed E-state index contributed by atoms with van der Waals surface area (Å²) in [6, 6.07) is 5.13. The minimum absolute atomic E-state index is 0.0303. The predicted molar refractivity (Wildman–Crippen MR) is 81.7 cm³/mol. The average Bonchev–Trinajstić information content (AvgIpc) is 2.76. The van der Waals surface area contributed by atoms with Crippen molar-refractivity contribution >= 4 is 34.4 Å². The number of hydrogen-bond acceptors (Lipinski definition) is 4. The summed E-state index contributed by atoms with van der Waals surface area (Å²) in [7, 11) is 0. The monoisotopic (exact) mass is 307 g/mol. The fourth-order valence-electron chi connectivity index (χ4n) is 2.52. The lowest BCUT2D eigenvalue weighted by Crippen LogP contribution is -2.27. The van der Waals surface area contributed by atoms with Crippen molar-refractivity contribution in [2.24, 2.45) is 5.92 Å². The number of carbonyl (C=O) groups is 3. The molecule has 0 bridgehead atoms. The van der Waals surface area contributed by atoms with Gasteiger partial charge in [-0.25, -0.2) is 4.79 Å². The van der Waals surface area contributed by atoms with Crippen molar-refractivity contribution in [3.63, 3.8) is 0 Å². The number of nitrogens with zero attached hydrogens (tertiary/aromatic N) is 1. The second kappa shape index (κ2) is 6.30. The number of thioether (sulfide) groups is 1. The lowest BCUT2D eigenvalue weighted by Gasteiger charge is -2.20. The van der Waals surface area contributed by atoms with E-state index in [-0.39, 0.29) is 22.5 Å². The van der Waals surface area contributed by atoms with E-state index in [1.165, 1.54) is 23.6 Å². The summed E-state index contributed by atoms with van der Waals surface area (Å²) in [5.74, 6) is -0.450. The van der Waals surface area contributed by atoms with E-state index in [2.05, 4.69) is 0 Å². The van der Waals surface area contributed by atoms with Gasteiger partial charge in [-0.1, -0.05) is 23.9 Å². The maximum absolute atomic E-state index is 12.2. The van der Waals surface area contributed by atoms with Gasteiger partial charge in [-0.3, -0.25) is 9.59 Å². The lowest BCUT2D eigenvalue weighted by atomic mass is 10.1. The average molecular weight is 307 g/mol. The molecule has 0 aliphatic carbocycles. The number of carbonyl (C=O) groups excluding carboxylic acids is 2. The van der Waals surface area contributed by atoms with Crippen LogP contribution >= 0.6 is 11.8 Å². The third-order valence-corrected chi connectivity index (χ3v) is 4.53. The highest BCUT2D eigenvalue weighted by molar-refractivity contribution is 8.13. The van der Waals surface area contributed by atoms with Crippen LogP contribution in [0.2, 0.25) is 0 Å². The van der Waals surface area contributed by atoms with Gasteiger partial charge >= 0.3 is 5.97 Å². The molecular formula is C15H17NO4S. The first-order valence-corrected chi connectivity index (χ1v) is 7.65. The van der Waals surface area contributed by atoms with Gasteiger partial charge in [-0.05, 0) is 24.5 Å². The number of aryl methyl sites for hydroxylation is 1. The molecule has 1 aromatic rings. The van der Waals surface area contributed by atoms with E-state index in [1.54, 1.807) is 25.1 Å². The smallest absolute Gasteiger partial charge is 0.338 e. The molecule has 1 aliphatic rings. The molecule has 6 heteroatoms. The van der Waals surface area contributed by atoms with Crippen molar-refractivity contribution in [3.05, 3.63) is 29.3 Å². The van der Waals surface area contributed by atoms with E-state index < -0.39 is 5.97 Å². The SMILES string of the molecule is CC(=O)SCC1CC(=O)N(c2cccc(C)c2C(=O)O)C1. The molecule has 5 nitrogen and oxygen atoms in total. The van der Waals surface area contributed by atoms with Crippen molar-refractivity contribution in [2.45, 2.75) is 20.3 Å². The first-order chi connectivity index (χ1) is 9.90. The fraction of sp³-hybridized carbons (Fsp3) is 0.400. The minimum Gasteiger partial charge on any atom is -0.478 e. The van der Waals surface area contributed by atoms with Gasteiger partial charge in [0.05, 0.1) is 11.3 Å². The number of carboxylic acid groups (broad SMARTS) is 1. The topological polar surface area (TPSA) is 74.7 Å². The van der Waals surface area contributed by atoms with E-state index in [9.17, 15) is 19.5 Å². The molecule has 1 aliphatic heterocycles. The molecular weight excluding hydrogens is 290 g/mol. The second-order valence-corrected chi connectivity index (χ2v) is 6.35. The predicted octanol–water partition coefficient (Wildman–Crippen LogP) is 2.33. The van der Waals surface area contributed by atoms with Crippen LogP contribution in [0.5, 0.6) is 0 Å². The molecule has 1 fully saturated rings. The van der Waals surface area contributed by atoms with Gasteiger partial charge in [0.1, 0.15) is 0 Å². The summed E-state index contributed by atoms with van der Waals surface area (Å²) in [6.07, 6.45) is 0.354. The van der Waals surface area contributed by atoms with E-state index in [1.807, 2.05) is 0 Å². The van der Waals surface area contributed by atoms with Crippen molar-refractivity contribution in [1.29, 1.82) is 0 Å². The van der Waals surface area contributed by atoms with Gasteiger partial charge in [0.2, 0.25) is 5.91 Å². The molecule has 0 spiro atoms. The van der Waals surface area contributed by atoms with Crippen LogP contribution in [-0.2, 0) is 9.59 Å². The van der Waals surface area contributed by atoms with Crippen LogP contribution in [0.1, 0.15) is 29.3 Å². The van der Waals surface area contributed by atoms with E-state index >= 15 is 0 Å². The molecule has 0 radical (unpaired) electrons. The number of aromatic carboxylic acids is 1. The molecule has 0 aromatic heterocycles. The Balaban J connectivity index is 2.23. The molecule has 112 valence electrons. The van der Waals surface area contributed by atoms with Gasteiger partial charge < -0.3 is 10.0 Å². The quantitative estimate of drug-likeness (QED) is 0.924. The fourth-order valence-corrected chi connectivity index (χ4v) is 3.21. The summed E-state index contributed by atoms with van der Waals surface area (Å²) in [5.41, 5.74) is 1.25. The van der Waals surface area contributed by atoms with Crippen LogP contribution in [-0.4, -0.2) is 34.4 Å². The molecule has 1 atom stereocenters. The molecule has 1 unspecified atom stereocenters. The van der Waals surface area contributed by atoms with Gasteiger partial charge in [-0.2, -0.15) is 0 Å². The molecule has 2 rings (SSSR count). The number of benzene rings is 1. The third kappa shape index (κ3) is 3.44. The zero-order valence-corrected chi connectivity index (χ0v) is 12.8. The largest absolute Gasteiger partial charge is 0.478 e. The molecule has 1 aromatic carbocycles. The second-order valence-electron chi connectivity index (χ2n) is 5.15. The zero-order chi connectivity index (χ0) is 15.6. The van der Waals surface area contributed by atoms with Gasteiger partial charge in [0, 0.05) is 25.6 Å². The Morgan fingerprint density at radius 3 is 2.76 bits per heavy atom. The summed E-state index contributed by atoms with van der Waals surface area (Å²) >= 11 is 1.21. The van der Waals surface area contributed by atoms with Crippen LogP contribution in [0.3, 0.4) is 0 Å². The maximum Gasteiger partial charge on any atom is 0.338 e. The van der Waals surface area contributed by atoms with Crippen LogP contribution in [0.15, 0.2) is 18.2 Å². The Bertz CT molecular complexity index is 599. The summed E-state index contributed by atoms with van der Waals surface area (Å²) in [6.45, 7) is 3.68. The Labute approximate surface area is 127 Å². The van der Waals surface area contributed by atoms with E-state index in [0.717, 1.165) is 0 Å². The zero-order valence-electron chi connectivity index (χ0n) is 12.0. The van der Waals surface area contributed by atoms with Gasteiger partial charge in [0.15, 0.2) is 5.12 Å². The number of rotatable bonds is 4. The molecule has 21 heavy (non-hydrogen) atoms. The maximum atomic E-state index is 12.2. The Kier molecular flexibility index (Phi) is 4.67. The van der Waals surface area contributed by atoms with E-state index in [0.29, 0.717) is 30.0 Å². The van der Waals surface area contributed by atoms with Crippen molar-refractivity contribution in [3.8, 4) is 0 Å². The molecule has 1 saturated heterocycles. The summed E-state index contributed by atoms with van der Waals surface area (Å²) in [4.78, 5) is 36.1. The van der Waals surface area contributed by atoms with Gasteiger partial charge in [0.25, 0.3) is 0 Å². The van der Waals surface area contributed by atoms with Crippen LogP contribution < -0.4 is 4.90 Å². The molecule has 1 N–H and O–H groups in total. The Morgan fingerprint density at radius 1 is 1.43 bits per heavy atom. The molecule has 0 saturated carbocycles. The summed E-state index contributed by atoms with van der Waals surface area (Å²) in [5, 5.41) is 9.38.